The van der Waals surface area contributed by atoms with E-state index in [2.05, 4.69) is 4.98 Å². The maximum absolute atomic E-state index is 13.8. The van der Waals surface area contributed by atoms with Gasteiger partial charge in [0.2, 0.25) is 0 Å². The Morgan fingerprint density at radius 1 is 0.895 bits per heavy atom. The summed E-state index contributed by atoms with van der Waals surface area (Å²) >= 11 is 6.18. The van der Waals surface area contributed by atoms with Crippen LogP contribution in [0.15, 0.2) is 71.7 Å². The van der Waals surface area contributed by atoms with E-state index in [1.54, 1.807) is 21.6 Å². The van der Waals surface area contributed by atoms with Gasteiger partial charge in [0.15, 0.2) is 0 Å². The first-order valence-electron chi connectivity index (χ1n) is 12.1. The summed E-state index contributed by atoms with van der Waals surface area (Å²) < 4.78 is 30.5. The third-order valence-corrected chi connectivity index (χ3v) is 7.30. The van der Waals surface area contributed by atoms with Crippen LogP contribution in [0.4, 0.5) is 8.78 Å². The molecular weight excluding hydrogens is 514 g/mol. The predicted octanol–water partition coefficient (Wildman–Crippen LogP) is 5.38. The van der Waals surface area contributed by atoms with Crippen molar-refractivity contribution in [2.24, 2.45) is 0 Å². The summed E-state index contributed by atoms with van der Waals surface area (Å²) in [7, 11) is 0. The van der Waals surface area contributed by atoms with Crippen LogP contribution in [0, 0.1) is 11.6 Å². The number of hydrogen-bond acceptors (Lipinski definition) is 3. The number of benzene rings is 3. The maximum Gasteiger partial charge on any atom is 0.326 e. The largest absolute Gasteiger partial charge is 0.338 e. The number of rotatable bonds is 3. The number of carbonyl (C=O) groups excluding carboxylic acids is 2. The monoisotopic (exact) mass is 534 g/mol. The van der Waals surface area contributed by atoms with E-state index in [-0.39, 0.29) is 28.8 Å². The van der Waals surface area contributed by atoms with Gasteiger partial charge in [0, 0.05) is 47.4 Å². The highest BCUT2D eigenvalue weighted by Gasteiger charge is 2.29. The van der Waals surface area contributed by atoms with Crippen LogP contribution >= 0.6 is 11.6 Å². The molecule has 10 heteroatoms. The van der Waals surface area contributed by atoms with Crippen molar-refractivity contribution in [1.29, 1.82) is 0 Å². The van der Waals surface area contributed by atoms with Crippen molar-refractivity contribution in [3.63, 3.8) is 0 Å². The quantitative estimate of drug-likeness (QED) is 0.337. The van der Waals surface area contributed by atoms with Gasteiger partial charge in [0.05, 0.1) is 22.1 Å². The Hall–Kier alpha value is -4.24. The van der Waals surface area contributed by atoms with Gasteiger partial charge in [-0.25, -0.2) is 13.6 Å². The average molecular weight is 535 g/mol. The highest BCUT2D eigenvalue weighted by Crippen LogP contribution is 2.30. The van der Waals surface area contributed by atoms with Crippen LogP contribution in [-0.2, 0) is 0 Å². The number of nitrogens with one attached hydrogen (secondary N) is 1. The fourth-order valence-corrected chi connectivity index (χ4v) is 5.46. The topological polar surface area (TPSA) is 80.1 Å². The van der Waals surface area contributed by atoms with E-state index in [1.807, 2.05) is 24.3 Å². The molecule has 0 radical (unpaired) electrons. The number of imidazole rings is 1. The van der Waals surface area contributed by atoms with Crippen LogP contribution in [-0.4, -0.2) is 43.9 Å². The molecule has 0 unspecified atom stereocenters. The minimum absolute atomic E-state index is 0.0627. The summed E-state index contributed by atoms with van der Waals surface area (Å²) in [5, 5.41) is 0.846. The molecule has 1 fully saturated rings. The fourth-order valence-electron chi connectivity index (χ4n) is 5.29. The van der Waals surface area contributed by atoms with Crippen molar-refractivity contribution in [1.82, 2.24) is 19.0 Å². The molecule has 6 rings (SSSR count). The molecule has 0 bridgehead atoms. The van der Waals surface area contributed by atoms with E-state index in [4.69, 9.17) is 11.6 Å². The summed E-state index contributed by atoms with van der Waals surface area (Å²) in [6.07, 6.45) is 2.56. The summed E-state index contributed by atoms with van der Waals surface area (Å²) in [5.74, 6) is -2.72. The number of nitrogens with zero attached hydrogens (tertiary/aromatic N) is 3. The molecule has 3 heterocycles. The van der Waals surface area contributed by atoms with Crippen LogP contribution in [0.25, 0.3) is 21.9 Å². The highest BCUT2D eigenvalue weighted by molar-refractivity contribution is 6.31. The lowest BCUT2D eigenvalue weighted by atomic mass is 10.0. The smallest absolute Gasteiger partial charge is 0.326 e. The molecule has 1 N–H and O–H groups in total. The third kappa shape index (κ3) is 4.09. The Balaban J connectivity index is 1.30. The maximum atomic E-state index is 13.8. The van der Waals surface area contributed by atoms with E-state index in [1.165, 1.54) is 16.8 Å². The van der Waals surface area contributed by atoms with Crippen LogP contribution in [0.1, 0.15) is 39.6 Å². The average Bonchev–Trinajstić information content (AvgIpc) is 3.44. The summed E-state index contributed by atoms with van der Waals surface area (Å²) in [5.41, 5.74) is 1.87. The molecule has 0 atom stereocenters. The van der Waals surface area contributed by atoms with Gasteiger partial charge in [-0.1, -0.05) is 29.8 Å². The molecule has 2 aromatic heterocycles. The number of aromatic nitrogens is 3. The second-order valence-electron chi connectivity index (χ2n) is 9.38. The number of hydrogen-bond donors (Lipinski definition) is 1. The van der Waals surface area contributed by atoms with Crippen LogP contribution in [0.3, 0.4) is 0 Å². The number of fused-ring (bicyclic) bond motifs is 2. The van der Waals surface area contributed by atoms with Gasteiger partial charge < -0.3 is 9.88 Å². The number of para-hydroxylation sites is 2. The first-order valence-corrected chi connectivity index (χ1v) is 12.5. The Kier molecular flexibility index (Phi) is 5.87. The van der Waals surface area contributed by atoms with E-state index in [9.17, 15) is 23.2 Å². The molecule has 7 nitrogen and oxygen atoms in total. The Labute approximate surface area is 219 Å². The Morgan fingerprint density at radius 3 is 2.34 bits per heavy atom. The molecule has 1 saturated heterocycles. The van der Waals surface area contributed by atoms with Crippen molar-refractivity contribution in [2.75, 3.05) is 13.1 Å². The van der Waals surface area contributed by atoms with Crippen LogP contribution in [0.5, 0.6) is 0 Å². The number of halogens is 3. The predicted molar refractivity (Wildman–Crippen MR) is 140 cm³/mol. The van der Waals surface area contributed by atoms with Gasteiger partial charge in [0.25, 0.3) is 11.8 Å². The first kappa shape index (κ1) is 24.1. The normalized spacial score (nSPS) is 14.4. The van der Waals surface area contributed by atoms with Gasteiger partial charge >= 0.3 is 5.69 Å². The number of amides is 1. The molecule has 1 aliphatic rings. The van der Waals surface area contributed by atoms with Crippen LogP contribution in [0.2, 0.25) is 5.02 Å². The Morgan fingerprint density at radius 2 is 1.61 bits per heavy atom. The van der Waals surface area contributed by atoms with Crippen molar-refractivity contribution in [3.8, 4) is 0 Å². The zero-order chi connectivity index (χ0) is 26.6. The minimum Gasteiger partial charge on any atom is -0.338 e. The lowest BCUT2D eigenvalue weighted by molar-refractivity contribution is 0.0697. The third-order valence-electron chi connectivity index (χ3n) is 7.07. The number of likely N-dealkylation sites (tertiary alicyclic amines) is 1. The lowest BCUT2D eigenvalue weighted by Gasteiger charge is -2.32. The van der Waals surface area contributed by atoms with Gasteiger partial charge in [-0.15, -0.1) is 0 Å². The fraction of sp³-hybridized carbons (Fsp3) is 0.179. The molecule has 0 spiro atoms. The molecule has 0 aliphatic carbocycles. The number of carbonyl (C=O) groups is 2. The molecule has 0 saturated carbocycles. The van der Waals surface area contributed by atoms with Gasteiger partial charge in [-0.2, -0.15) is 0 Å². The summed E-state index contributed by atoms with van der Waals surface area (Å²) in [6, 6.07) is 14.8. The molecule has 5 aromatic rings. The van der Waals surface area contributed by atoms with E-state index < -0.39 is 17.5 Å². The Bertz CT molecular complexity index is 1780. The van der Waals surface area contributed by atoms with E-state index in [0.717, 1.165) is 23.2 Å². The second kappa shape index (κ2) is 9.25. The summed E-state index contributed by atoms with van der Waals surface area (Å²) in [6.45, 7) is 0.831. The second-order valence-corrected chi connectivity index (χ2v) is 9.81. The summed E-state index contributed by atoms with van der Waals surface area (Å²) in [4.78, 5) is 44.0. The van der Waals surface area contributed by atoms with Crippen molar-refractivity contribution in [2.45, 2.75) is 18.9 Å². The van der Waals surface area contributed by atoms with Crippen molar-refractivity contribution < 1.29 is 18.4 Å². The number of H-pyrrole nitrogens is 1. The first-order chi connectivity index (χ1) is 18.3. The minimum atomic E-state index is -0.878. The number of piperidine rings is 1. The molecule has 1 aliphatic heterocycles. The van der Waals surface area contributed by atoms with Crippen molar-refractivity contribution in [3.05, 3.63) is 105 Å². The van der Waals surface area contributed by atoms with Gasteiger partial charge in [-0.05, 0) is 49.2 Å². The van der Waals surface area contributed by atoms with Crippen LogP contribution < -0.4 is 5.69 Å². The molecule has 192 valence electrons. The zero-order valence-corrected chi connectivity index (χ0v) is 20.7. The molecular formula is C28H21ClF2N4O3. The molecule has 3 aromatic carbocycles. The standard InChI is InChI=1S/C28H21ClF2N4O3/c29-17-5-6-21-22(15-34(25(21)13-17)26(36)16-11-18(30)14-19(31)12-16)27(37)33-9-7-20(8-10-33)35-24-4-2-1-3-23(24)32-28(35)38/h1-6,11-15,20H,7-10H2,(H,32,38). The lowest BCUT2D eigenvalue weighted by Crippen LogP contribution is -2.40. The van der Waals surface area contributed by atoms with Gasteiger partial charge in [0.1, 0.15) is 11.6 Å². The molecule has 38 heavy (non-hydrogen) atoms. The highest BCUT2D eigenvalue weighted by atomic mass is 35.5. The molecule has 1 amide bonds. The number of aromatic amines is 1. The SMILES string of the molecule is O=C(c1cn(C(=O)c2cc(F)cc(F)c2)c2cc(Cl)ccc12)N1CCC(n2c(=O)[nH]c3ccccc32)CC1. The van der Waals surface area contributed by atoms with Crippen molar-refractivity contribution >= 4 is 45.4 Å². The zero-order valence-electron chi connectivity index (χ0n) is 20.0. The van der Waals surface area contributed by atoms with Gasteiger partial charge in [-0.3, -0.25) is 18.7 Å². The van der Waals surface area contributed by atoms with E-state index in [0.29, 0.717) is 47.9 Å². The van der Waals surface area contributed by atoms with E-state index >= 15 is 0 Å².